The van der Waals surface area contributed by atoms with Crippen LogP contribution in [0.3, 0.4) is 0 Å². The van der Waals surface area contributed by atoms with Gasteiger partial charge in [0.1, 0.15) is 12.2 Å². The highest BCUT2D eigenvalue weighted by atomic mass is 32.1. The van der Waals surface area contributed by atoms with Crippen molar-refractivity contribution in [1.29, 1.82) is 0 Å². The molecule has 0 radical (unpaired) electrons. The molecule has 2 N–H and O–H groups in total. The minimum atomic E-state index is 0.124. The summed E-state index contributed by atoms with van der Waals surface area (Å²) in [6.07, 6.45) is 12.7. The van der Waals surface area contributed by atoms with Crippen LogP contribution in [0.15, 0.2) is 10.9 Å². The van der Waals surface area contributed by atoms with E-state index in [2.05, 4.69) is 5.32 Å². The number of aryl methyl sites for hydroxylation is 2. The van der Waals surface area contributed by atoms with Gasteiger partial charge in [0, 0.05) is 16.6 Å². The predicted octanol–water partition coefficient (Wildman–Crippen LogP) is 2.42. The summed E-state index contributed by atoms with van der Waals surface area (Å²) in [7, 11) is 0. The van der Waals surface area contributed by atoms with Gasteiger partial charge in [-0.05, 0) is 51.4 Å². The Balaban J connectivity index is 1.55. The average molecular weight is 332 g/mol. The Morgan fingerprint density at radius 3 is 2.74 bits per heavy atom. The van der Waals surface area contributed by atoms with Gasteiger partial charge in [0.05, 0.1) is 6.04 Å². The number of rotatable bonds is 3. The van der Waals surface area contributed by atoms with Crippen LogP contribution in [0.1, 0.15) is 67.6 Å². The number of thiazole rings is 1. The Hall–Kier alpha value is -1.20. The van der Waals surface area contributed by atoms with E-state index in [-0.39, 0.29) is 5.56 Å². The van der Waals surface area contributed by atoms with Crippen LogP contribution < -0.4 is 10.9 Å². The van der Waals surface area contributed by atoms with Crippen molar-refractivity contribution in [3.05, 3.63) is 32.7 Å². The molecule has 0 aliphatic heterocycles. The van der Waals surface area contributed by atoms with E-state index in [9.17, 15) is 4.79 Å². The fourth-order valence-electron chi connectivity index (χ4n) is 4.08. The van der Waals surface area contributed by atoms with Crippen LogP contribution in [0, 0.1) is 0 Å². The number of fused-ring (bicyclic) bond motifs is 3. The van der Waals surface area contributed by atoms with Crippen molar-refractivity contribution in [2.24, 2.45) is 0 Å². The van der Waals surface area contributed by atoms with Crippen LogP contribution in [0.25, 0.3) is 4.96 Å². The number of hydrogen-bond acceptors (Lipinski definition) is 3. The second kappa shape index (κ2) is 6.73. The maximum absolute atomic E-state index is 12.6. The monoisotopic (exact) mass is 332 g/mol. The second-order valence-corrected chi connectivity index (χ2v) is 8.14. The van der Waals surface area contributed by atoms with Gasteiger partial charge in [-0.3, -0.25) is 9.20 Å². The molecule has 1 saturated carbocycles. The van der Waals surface area contributed by atoms with Gasteiger partial charge in [-0.1, -0.05) is 12.8 Å². The average Bonchev–Trinajstić information content (AvgIpc) is 2.74. The lowest BCUT2D eigenvalue weighted by Gasteiger charge is -2.12. The quantitative estimate of drug-likeness (QED) is 0.878. The van der Waals surface area contributed by atoms with Gasteiger partial charge in [-0.15, -0.1) is 11.3 Å². The van der Waals surface area contributed by atoms with Crippen LogP contribution in [-0.2, 0) is 19.4 Å². The molecule has 2 aliphatic rings. The molecule has 2 aromatic heterocycles. The molecule has 23 heavy (non-hydrogen) atoms. The third kappa shape index (κ3) is 3.22. The highest BCUT2D eigenvalue weighted by Crippen LogP contribution is 2.28. The van der Waals surface area contributed by atoms with Gasteiger partial charge >= 0.3 is 0 Å². The lowest BCUT2D eigenvalue weighted by molar-refractivity contribution is -0.706. The Morgan fingerprint density at radius 1 is 1.13 bits per heavy atom. The number of aromatic nitrogens is 2. The molecule has 0 aromatic carbocycles. The molecule has 4 rings (SSSR count). The fraction of sp³-hybridized carbons (Fsp3) is 0.667. The van der Waals surface area contributed by atoms with Crippen LogP contribution in [0.2, 0.25) is 0 Å². The van der Waals surface area contributed by atoms with E-state index in [0.717, 1.165) is 30.0 Å². The molecule has 0 saturated heterocycles. The van der Waals surface area contributed by atoms with Crippen LogP contribution in [-0.4, -0.2) is 15.4 Å². The molecule has 2 aliphatic carbocycles. The summed E-state index contributed by atoms with van der Waals surface area (Å²) in [6.45, 7) is 0.846. The standard InChI is InChI=1S/C18H25N3OS/c22-17-11-14(12-19-13-7-3-1-2-4-8-13)20-18-21(17)15-9-5-6-10-16(15)23-18/h11,13,19H,1-10,12H2/p+1. The molecule has 5 heteroatoms. The van der Waals surface area contributed by atoms with E-state index in [1.807, 2.05) is 4.40 Å². The first-order chi connectivity index (χ1) is 11.3. The van der Waals surface area contributed by atoms with Crippen molar-refractivity contribution >= 4 is 16.3 Å². The van der Waals surface area contributed by atoms with Crippen molar-refractivity contribution in [3.63, 3.8) is 0 Å². The molecular weight excluding hydrogens is 306 g/mol. The predicted molar refractivity (Wildman–Crippen MR) is 93.1 cm³/mol. The molecule has 0 unspecified atom stereocenters. The summed E-state index contributed by atoms with van der Waals surface area (Å²) in [5.41, 5.74) is 2.31. The van der Waals surface area contributed by atoms with E-state index in [1.165, 1.54) is 61.9 Å². The molecule has 0 amide bonds. The Bertz CT molecular complexity index is 741. The first-order valence-electron chi connectivity index (χ1n) is 9.18. The first kappa shape index (κ1) is 15.3. The zero-order valence-electron chi connectivity index (χ0n) is 13.7. The van der Waals surface area contributed by atoms with E-state index >= 15 is 0 Å². The van der Waals surface area contributed by atoms with Crippen molar-refractivity contribution in [2.75, 3.05) is 0 Å². The van der Waals surface area contributed by atoms with E-state index in [1.54, 1.807) is 17.4 Å². The minimum absolute atomic E-state index is 0.124. The lowest BCUT2D eigenvalue weighted by Crippen LogP contribution is -2.88. The summed E-state index contributed by atoms with van der Waals surface area (Å²) in [5.74, 6) is 0. The van der Waals surface area contributed by atoms with E-state index in [4.69, 9.17) is 4.98 Å². The fourth-order valence-corrected chi connectivity index (χ4v) is 5.31. The third-order valence-corrected chi connectivity index (χ3v) is 6.52. The van der Waals surface area contributed by atoms with Gasteiger partial charge in [-0.2, -0.15) is 0 Å². The normalized spacial score (nSPS) is 19.7. The Labute approximate surface area is 140 Å². The molecule has 0 atom stereocenters. The SMILES string of the molecule is O=c1cc(C[NH2+]C2CCCCCC2)nc2sc3c(n12)CCCC3. The molecular formula is C18H26N3OS+. The topological polar surface area (TPSA) is 51.0 Å². The summed E-state index contributed by atoms with van der Waals surface area (Å²) < 4.78 is 1.87. The second-order valence-electron chi connectivity index (χ2n) is 7.07. The summed E-state index contributed by atoms with van der Waals surface area (Å²) >= 11 is 1.73. The van der Waals surface area contributed by atoms with Gasteiger partial charge in [0.25, 0.3) is 5.56 Å². The van der Waals surface area contributed by atoms with Gasteiger partial charge in [-0.25, -0.2) is 4.98 Å². The van der Waals surface area contributed by atoms with E-state index in [0.29, 0.717) is 6.04 Å². The first-order valence-corrected chi connectivity index (χ1v) is 9.99. The maximum Gasteiger partial charge on any atom is 0.259 e. The molecule has 4 nitrogen and oxygen atoms in total. The number of nitrogens with two attached hydrogens (primary N) is 1. The molecule has 2 heterocycles. The van der Waals surface area contributed by atoms with Crippen molar-refractivity contribution < 1.29 is 5.32 Å². The van der Waals surface area contributed by atoms with Crippen molar-refractivity contribution in [1.82, 2.24) is 9.38 Å². The summed E-state index contributed by atoms with van der Waals surface area (Å²) in [4.78, 5) is 19.6. The third-order valence-electron chi connectivity index (χ3n) is 5.37. The summed E-state index contributed by atoms with van der Waals surface area (Å²) in [5, 5.41) is 2.41. The van der Waals surface area contributed by atoms with Crippen molar-refractivity contribution in [3.8, 4) is 0 Å². The summed E-state index contributed by atoms with van der Waals surface area (Å²) in [6, 6.07) is 2.48. The van der Waals surface area contributed by atoms with Crippen LogP contribution in [0.4, 0.5) is 0 Å². The van der Waals surface area contributed by atoms with E-state index < -0.39 is 0 Å². The number of hydrogen-bond donors (Lipinski definition) is 1. The van der Waals surface area contributed by atoms with Gasteiger partial charge < -0.3 is 5.32 Å². The Kier molecular flexibility index (Phi) is 4.49. The smallest absolute Gasteiger partial charge is 0.259 e. The highest BCUT2D eigenvalue weighted by Gasteiger charge is 2.19. The number of nitrogens with zero attached hydrogens (tertiary/aromatic N) is 2. The number of quaternary nitrogens is 1. The van der Waals surface area contributed by atoms with Crippen molar-refractivity contribution in [2.45, 2.75) is 76.8 Å². The highest BCUT2D eigenvalue weighted by molar-refractivity contribution is 7.17. The minimum Gasteiger partial charge on any atom is -0.339 e. The van der Waals surface area contributed by atoms with Crippen LogP contribution >= 0.6 is 11.3 Å². The lowest BCUT2D eigenvalue weighted by atomic mass is 10.0. The molecule has 1 fully saturated rings. The molecule has 0 spiro atoms. The largest absolute Gasteiger partial charge is 0.339 e. The van der Waals surface area contributed by atoms with Gasteiger partial charge in [0.15, 0.2) is 4.96 Å². The maximum atomic E-state index is 12.6. The Morgan fingerprint density at radius 2 is 1.91 bits per heavy atom. The zero-order chi connectivity index (χ0) is 15.6. The van der Waals surface area contributed by atoms with Crippen LogP contribution in [0.5, 0.6) is 0 Å². The molecule has 0 bridgehead atoms. The molecule has 2 aromatic rings. The van der Waals surface area contributed by atoms with Gasteiger partial charge in [0.2, 0.25) is 0 Å². The zero-order valence-corrected chi connectivity index (χ0v) is 14.5. The molecule has 124 valence electrons.